The van der Waals surface area contributed by atoms with E-state index in [0.29, 0.717) is 5.75 Å². The smallest absolute Gasteiger partial charge is 0.255 e. The quantitative estimate of drug-likeness (QED) is 0.879. The highest BCUT2D eigenvalue weighted by Crippen LogP contribution is 2.34. The Morgan fingerprint density at radius 1 is 1.22 bits per heavy atom. The van der Waals surface area contributed by atoms with Crippen LogP contribution in [0.3, 0.4) is 0 Å². The highest BCUT2D eigenvalue weighted by Gasteiger charge is 2.15. The molecule has 0 radical (unpaired) electrons. The van der Waals surface area contributed by atoms with E-state index in [1.165, 1.54) is 17.8 Å². The van der Waals surface area contributed by atoms with Crippen molar-refractivity contribution in [2.24, 2.45) is 0 Å². The molecule has 0 saturated carbocycles. The van der Waals surface area contributed by atoms with Gasteiger partial charge in [-0.25, -0.2) is 9.37 Å². The molecule has 0 bridgehead atoms. The molecule has 0 atom stereocenters. The Hall–Kier alpha value is -2.10. The van der Waals surface area contributed by atoms with Crippen LogP contribution in [0.4, 0.5) is 10.1 Å². The predicted molar refractivity (Wildman–Crippen MR) is 67.5 cm³/mol. The van der Waals surface area contributed by atoms with Crippen LogP contribution in [0, 0.1) is 5.82 Å². The fourth-order valence-corrected chi connectivity index (χ4v) is 2.11. The first-order valence-electron chi connectivity index (χ1n) is 5.99. The van der Waals surface area contributed by atoms with Crippen molar-refractivity contribution in [3.8, 4) is 11.6 Å². The lowest BCUT2D eigenvalue weighted by molar-refractivity contribution is 0.423. The number of hydrogen-bond acceptors (Lipinski definition) is 3. The van der Waals surface area contributed by atoms with Gasteiger partial charge in [0.2, 0.25) is 0 Å². The van der Waals surface area contributed by atoms with E-state index in [4.69, 9.17) is 4.74 Å². The lowest BCUT2D eigenvalue weighted by Crippen LogP contribution is -2.12. The minimum atomic E-state index is -0.453. The van der Waals surface area contributed by atoms with Gasteiger partial charge in [-0.1, -0.05) is 12.1 Å². The summed E-state index contributed by atoms with van der Waals surface area (Å²) in [5.41, 5.74) is 2.16. The molecule has 3 rings (SSSR count). The Morgan fingerprint density at radius 3 is 3.06 bits per heavy atom. The van der Waals surface area contributed by atoms with E-state index in [2.05, 4.69) is 16.4 Å². The van der Waals surface area contributed by atoms with Crippen LogP contribution in [0.2, 0.25) is 0 Å². The molecule has 2 heterocycles. The maximum Gasteiger partial charge on any atom is 0.255 e. The number of aryl methyl sites for hydroxylation is 1. The normalized spacial score (nSPS) is 13.6. The number of halogens is 1. The fourth-order valence-electron chi connectivity index (χ4n) is 2.11. The summed E-state index contributed by atoms with van der Waals surface area (Å²) in [5.74, 6) is 0.189. The van der Waals surface area contributed by atoms with Crippen LogP contribution in [0.15, 0.2) is 36.5 Å². The van der Waals surface area contributed by atoms with Gasteiger partial charge in [0.25, 0.3) is 5.88 Å². The van der Waals surface area contributed by atoms with Crippen molar-refractivity contribution in [2.75, 3.05) is 11.9 Å². The molecule has 1 aliphatic rings. The summed E-state index contributed by atoms with van der Waals surface area (Å²) in [6.07, 6.45) is 3.64. The van der Waals surface area contributed by atoms with Crippen molar-refractivity contribution in [2.45, 2.75) is 12.8 Å². The Kier molecular flexibility index (Phi) is 2.84. The highest BCUT2D eigenvalue weighted by molar-refractivity contribution is 5.64. The number of nitrogens with one attached hydrogen (secondary N) is 1. The van der Waals surface area contributed by atoms with Crippen molar-refractivity contribution >= 4 is 5.69 Å². The van der Waals surface area contributed by atoms with E-state index in [0.717, 1.165) is 25.1 Å². The van der Waals surface area contributed by atoms with Gasteiger partial charge in [0.05, 0.1) is 5.69 Å². The van der Waals surface area contributed by atoms with E-state index in [1.54, 1.807) is 6.07 Å². The largest absolute Gasteiger partial charge is 0.434 e. The average molecular weight is 244 g/mol. The summed E-state index contributed by atoms with van der Waals surface area (Å²) in [6.45, 7) is 0.915. The van der Waals surface area contributed by atoms with Gasteiger partial charge in [0.1, 0.15) is 0 Å². The Morgan fingerprint density at radius 2 is 2.17 bits per heavy atom. The van der Waals surface area contributed by atoms with E-state index in [-0.39, 0.29) is 5.88 Å². The first-order chi connectivity index (χ1) is 8.84. The molecule has 1 N–H and O–H groups in total. The molecular weight excluding hydrogens is 231 g/mol. The molecule has 0 unspecified atom stereocenters. The van der Waals surface area contributed by atoms with Crippen LogP contribution < -0.4 is 10.1 Å². The van der Waals surface area contributed by atoms with E-state index < -0.39 is 5.82 Å². The van der Waals surface area contributed by atoms with Gasteiger partial charge in [-0.2, -0.15) is 0 Å². The zero-order valence-electron chi connectivity index (χ0n) is 9.82. The Bertz CT molecular complexity index is 571. The van der Waals surface area contributed by atoms with Crippen LogP contribution in [-0.4, -0.2) is 11.5 Å². The average Bonchev–Trinajstić information content (AvgIpc) is 2.42. The summed E-state index contributed by atoms with van der Waals surface area (Å²) in [5, 5.41) is 3.30. The summed E-state index contributed by atoms with van der Waals surface area (Å²) in [4.78, 5) is 3.90. The second-order valence-corrected chi connectivity index (χ2v) is 4.21. The van der Waals surface area contributed by atoms with E-state index in [9.17, 15) is 4.39 Å². The Labute approximate surface area is 105 Å². The number of nitrogens with zero attached hydrogens (tertiary/aromatic N) is 1. The van der Waals surface area contributed by atoms with Crippen LogP contribution >= 0.6 is 0 Å². The molecule has 0 saturated heterocycles. The summed E-state index contributed by atoms with van der Waals surface area (Å²) >= 11 is 0. The number of aromatic nitrogens is 1. The van der Waals surface area contributed by atoms with E-state index >= 15 is 0 Å². The third-order valence-electron chi connectivity index (χ3n) is 2.97. The minimum absolute atomic E-state index is 0.0123. The summed E-state index contributed by atoms with van der Waals surface area (Å²) in [6, 6.07) is 8.68. The predicted octanol–water partition coefficient (Wildman–Crippen LogP) is 3.37. The third-order valence-corrected chi connectivity index (χ3v) is 2.97. The maximum atomic E-state index is 13.5. The van der Waals surface area contributed by atoms with Gasteiger partial charge in [-0.05, 0) is 36.6 Å². The van der Waals surface area contributed by atoms with Gasteiger partial charge in [0, 0.05) is 12.7 Å². The molecule has 2 aromatic rings. The van der Waals surface area contributed by atoms with Gasteiger partial charge in [-0.3, -0.25) is 0 Å². The molecular formula is C14H13FN2O. The number of benzene rings is 1. The van der Waals surface area contributed by atoms with Crippen LogP contribution in [-0.2, 0) is 6.42 Å². The van der Waals surface area contributed by atoms with Gasteiger partial charge in [-0.15, -0.1) is 0 Å². The van der Waals surface area contributed by atoms with Crippen molar-refractivity contribution < 1.29 is 9.13 Å². The second kappa shape index (κ2) is 4.64. The van der Waals surface area contributed by atoms with Gasteiger partial charge < -0.3 is 10.1 Å². The number of hydrogen-bond donors (Lipinski definition) is 1. The first kappa shape index (κ1) is 11.0. The molecule has 92 valence electrons. The highest BCUT2D eigenvalue weighted by atomic mass is 19.1. The number of rotatable bonds is 2. The zero-order valence-corrected chi connectivity index (χ0v) is 9.82. The number of para-hydroxylation sites is 1. The molecule has 0 fully saturated rings. The molecule has 1 aromatic heterocycles. The second-order valence-electron chi connectivity index (χ2n) is 4.21. The van der Waals surface area contributed by atoms with E-state index in [1.807, 2.05) is 12.1 Å². The standard InChI is InChI=1S/C14H13FN2O/c15-11-6-3-9-17-14(11)18-12-7-1-4-10-5-2-8-16-13(10)12/h1,3-4,6-7,9,16H,2,5,8H2. The molecule has 0 amide bonds. The molecule has 1 aromatic carbocycles. The number of fused-ring (bicyclic) bond motifs is 1. The van der Waals surface area contributed by atoms with Crippen molar-refractivity contribution in [3.05, 3.63) is 47.9 Å². The van der Waals surface area contributed by atoms with Crippen molar-refractivity contribution in [1.29, 1.82) is 0 Å². The minimum Gasteiger partial charge on any atom is -0.434 e. The first-order valence-corrected chi connectivity index (χ1v) is 5.99. The lowest BCUT2D eigenvalue weighted by Gasteiger charge is -2.20. The van der Waals surface area contributed by atoms with Crippen molar-refractivity contribution in [1.82, 2.24) is 4.98 Å². The van der Waals surface area contributed by atoms with Crippen LogP contribution in [0.1, 0.15) is 12.0 Å². The van der Waals surface area contributed by atoms with Crippen LogP contribution in [0.25, 0.3) is 0 Å². The molecule has 18 heavy (non-hydrogen) atoms. The molecule has 4 heteroatoms. The summed E-state index contributed by atoms with van der Waals surface area (Å²) in [7, 11) is 0. The summed E-state index contributed by atoms with van der Waals surface area (Å²) < 4.78 is 19.1. The van der Waals surface area contributed by atoms with Crippen LogP contribution in [0.5, 0.6) is 11.6 Å². The van der Waals surface area contributed by atoms with Gasteiger partial charge in [0.15, 0.2) is 11.6 Å². The SMILES string of the molecule is Fc1cccnc1Oc1cccc2c1NCCC2. The molecule has 0 spiro atoms. The number of pyridine rings is 1. The van der Waals surface area contributed by atoms with Gasteiger partial charge >= 0.3 is 0 Å². The topological polar surface area (TPSA) is 34.1 Å². The Balaban J connectivity index is 1.96. The third kappa shape index (κ3) is 2.01. The van der Waals surface area contributed by atoms with Crippen molar-refractivity contribution in [3.63, 3.8) is 0 Å². The fraction of sp³-hybridized carbons (Fsp3) is 0.214. The molecule has 0 aliphatic carbocycles. The number of anilines is 1. The molecule has 3 nitrogen and oxygen atoms in total. The monoisotopic (exact) mass is 244 g/mol. The zero-order chi connectivity index (χ0) is 12.4. The molecule has 1 aliphatic heterocycles. The maximum absolute atomic E-state index is 13.5. The lowest BCUT2D eigenvalue weighted by atomic mass is 10.0. The number of ether oxygens (including phenoxy) is 1.